The lowest BCUT2D eigenvalue weighted by molar-refractivity contribution is -0.274. The topological polar surface area (TPSA) is 38.8 Å². The van der Waals surface area contributed by atoms with Crippen LogP contribution in [0.5, 0.6) is 11.5 Å². The normalized spacial score (nSPS) is 19.8. The molecule has 8 heteroatoms. The van der Waals surface area contributed by atoms with E-state index in [1.165, 1.54) is 36.3 Å². The summed E-state index contributed by atoms with van der Waals surface area (Å²) in [4.78, 5) is 13.8. The number of hydrogen-bond acceptors (Lipinski definition) is 3. The maximum Gasteiger partial charge on any atom is 0.573 e. The van der Waals surface area contributed by atoms with Gasteiger partial charge in [0, 0.05) is 18.5 Å². The number of alkyl halides is 4. The van der Waals surface area contributed by atoms with Crippen LogP contribution in [0, 0.1) is 6.92 Å². The first-order valence-corrected chi connectivity index (χ1v) is 8.62. The number of ether oxygens (including phenoxy) is 2. The number of rotatable bonds is 5. The Balaban J connectivity index is 1.86. The molecule has 1 heterocycles. The number of benzene rings is 2. The molecule has 150 valence electrons. The molecule has 2 aromatic carbocycles. The van der Waals surface area contributed by atoms with Crippen LogP contribution in [0.2, 0.25) is 0 Å². The Bertz CT molecular complexity index is 852. The smallest absolute Gasteiger partial charge is 0.496 e. The summed E-state index contributed by atoms with van der Waals surface area (Å²) < 4.78 is 60.3. The molecule has 0 spiro atoms. The first-order chi connectivity index (χ1) is 13.2. The van der Waals surface area contributed by atoms with Gasteiger partial charge in [-0.15, -0.1) is 13.2 Å². The van der Waals surface area contributed by atoms with Crippen LogP contribution in [-0.4, -0.2) is 30.5 Å². The van der Waals surface area contributed by atoms with Crippen molar-refractivity contribution < 1.29 is 31.8 Å². The van der Waals surface area contributed by atoms with E-state index in [-0.39, 0.29) is 18.7 Å². The molecule has 0 saturated carbocycles. The highest BCUT2D eigenvalue weighted by Gasteiger charge is 2.42. The van der Waals surface area contributed by atoms with Crippen molar-refractivity contribution in [3.05, 3.63) is 59.2 Å². The third-order valence-corrected chi connectivity index (χ3v) is 4.70. The van der Waals surface area contributed by atoms with Crippen LogP contribution in [0.15, 0.2) is 42.5 Å². The molecule has 28 heavy (non-hydrogen) atoms. The molecule has 0 aromatic heterocycles. The van der Waals surface area contributed by atoms with Crippen molar-refractivity contribution in [1.29, 1.82) is 0 Å². The monoisotopic (exact) mass is 397 g/mol. The van der Waals surface area contributed by atoms with Gasteiger partial charge in [-0.25, -0.2) is 4.39 Å². The third-order valence-electron chi connectivity index (χ3n) is 4.70. The van der Waals surface area contributed by atoms with Crippen LogP contribution in [-0.2, 0) is 11.3 Å². The van der Waals surface area contributed by atoms with Gasteiger partial charge in [0.25, 0.3) is 5.91 Å². The van der Waals surface area contributed by atoms with E-state index in [2.05, 4.69) is 4.74 Å². The van der Waals surface area contributed by atoms with Crippen molar-refractivity contribution in [2.45, 2.75) is 38.5 Å². The zero-order valence-corrected chi connectivity index (χ0v) is 15.3. The fourth-order valence-electron chi connectivity index (χ4n) is 3.47. The standard InChI is InChI=1S/C20H19F4NO3/c1-12-4-3-5-17(27-2)18(12)16-10-15(21)19(26)25(16)11-13-6-8-14(9-7-13)28-20(22,23)24/h3-9,15-16H,10-11H2,1-2H3. The lowest BCUT2D eigenvalue weighted by atomic mass is 9.97. The number of carbonyl (C=O) groups is 1. The molecule has 1 amide bonds. The molecule has 0 radical (unpaired) electrons. The Kier molecular flexibility index (Phi) is 5.49. The number of halogens is 4. The average Bonchev–Trinajstić information content (AvgIpc) is 2.90. The first-order valence-electron chi connectivity index (χ1n) is 8.62. The predicted octanol–water partition coefficient (Wildman–Crippen LogP) is 4.71. The average molecular weight is 397 g/mol. The van der Waals surface area contributed by atoms with E-state index < -0.39 is 24.5 Å². The summed E-state index contributed by atoms with van der Waals surface area (Å²) in [6, 6.07) is 10.1. The Hall–Kier alpha value is -2.77. The summed E-state index contributed by atoms with van der Waals surface area (Å²) in [6.07, 6.45) is -6.42. The van der Waals surface area contributed by atoms with Crippen LogP contribution >= 0.6 is 0 Å². The quantitative estimate of drug-likeness (QED) is 0.686. The van der Waals surface area contributed by atoms with Crippen molar-refractivity contribution >= 4 is 5.91 Å². The molecular formula is C20H19F4NO3. The molecule has 3 rings (SSSR count). The van der Waals surface area contributed by atoms with Gasteiger partial charge < -0.3 is 14.4 Å². The summed E-state index contributed by atoms with van der Waals surface area (Å²) in [5.74, 6) is -0.443. The second-order valence-corrected chi connectivity index (χ2v) is 6.57. The van der Waals surface area contributed by atoms with E-state index in [0.717, 1.165) is 11.1 Å². The Morgan fingerprint density at radius 1 is 1.14 bits per heavy atom. The van der Waals surface area contributed by atoms with E-state index in [9.17, 15) is 22.4 Å². The minimum absolute atomic E-state index is 0.00465. The minimum Gasteiger partial charge on any atom is -0.496 e. The lowest BCUT2D eigenvalue weighted by Crippen LogP contribution is -2.30. The highest BCUT2D eigenvalue weighted by molar-refractivity contribution is 5.84. The van der Waals surface area contributed by atoms with E-state index in [4.69, 9.17) is 4.74 Å². The van der Waals surface area contributed by atoms with Gasteiger partial charge >= 0.3 is 6.36 Å². The maximum absolute atomic E-state index is 14.2. The van der Waals surface area contributed by atoms with E-state index >= 15 is 0 Å². The van der Waals surface area contributed by atoms with Crippen LogP contribution in [0.3, 0.4) is 0 Å². The number of nitrogens with zero attached hydrogens (tertiary/aromatic N) is 1. The van der Waals surface area contributed by atoms with Crippen molar-refractivity contribution in [3.8, 4) is 11.5 Å². The second kappa shape index (κ2) is 7.69. The molecule has 2 aromatic rings. The number of hydrogen-bond donors (Lipinski definition) is 0. The number of carbonyl (C=O) groups excluding carboxylic acids is 1. The number of aryl methyl sites for hydroxylation is 1. The van der Waals surface area contributed by atoms with E-state index in [0.29, 0.717) is 11.3 Å². The van der Waals surface area contributed by atoms with E-state index in [1.54, 1.807) is 6.07 Å². The molecule has 0 bridgehead atoms. The van der Waals surface area contributed by atoms with Crippen molar-refractivity contribution in [2.24, 2.45) is 0 Å². The van der Waals surface area contributed by atoms with Crippen LogP contribution < -0.4 is 9.47 Å². The zero-order chi connectivity index (χ0) is 20.5. The molecule has 0 aliphatic carbocycles. The van der Waals surface area contributed by atoms with Gasteiger partial charge in [0.15, 0.2) is 6.17 Å². The van der Waals surface area contributed by atoms with Gasteiger partial charge in [-0.2, -0.15) is 0 Å². The van der Waals surface area contributed by atoms with Crippen molar-refractivity contribution in [1.82, 2.24) is 4.90 Å². The Morgan fingerprint density at radius 2 is 1.82 bits per heavy atom. The van der Waals surface area contributed by atoms with Gasteiger partial charge in [0.1, 0.15) is 11.5 Å². The van der Waals surface area contributed by atoms with Crippen LogP contribution in [0.4, 0.5) is 17.6 Å². The van der Waals surface area contributed by atoms with Gasteiger partial charge in [0.2, 0.25) is 0 Å². The predicted molar refractivity (Wildman–Crippen MR) is 93.7 cm³/mol. The molecule has 1 aliphatic rings. The summed E-state index contributed by atoms with van der Waals surface area (Å²) in [7, 11) is 1.51. The Labute approximate surface area is 159 Å². The lowest BCUT2D eigenvalue weighted by Gasteiger charge is -2.27. The number of amides is 1. The number of methoxy groups -OCH3 is 1. The third kappa shape index (κ3) is 4.21. The zero-order valence-electron chi connectivity index (χ0n) is 15.3. The molecule has 2 unspecified atom stereocenters. The summed E-state index contributed by atoms with van der Waals surface area (Å²) in [5, 5.41) is 0. The fraction of sp³-hybridized carbons (Fsp3) is 0.350. The summed E-state index contributed by atoms with van der Waals surface area (Å²) in [6.45, 7) is 1.92. The summed E-state index contributed by atoms with van der Waals surface area (Å²) >= 11 is 0. The summed E-state index contributed by atoms with van der Waals surface area (Å²) in [5.41, 5.74) is 2.16. The van der Waals surface area contributed by atoms with Gasteiger partial charge in [-0.3, -0.25) is 4.79 Å². The minimum atomic E-state index is -4.78. The molecule has 0 N–H and O–H groups in total. The maximum atomic E-state index is 14.2. The van der Waals surface area contributed by atoms with Gasteiger partial charge in [-0.05, 0) is 36.2 Å². The molecule has 1 fully saturated rings. The van der Waals surface area contributed by atoms with E-state index in [1.807, 2.05) is 19.1 Å². The molecule has 1 aliphatic heterocycles. The molecule has 4 nitrogen and oxygen atoms in total. The Morgan fingerprint density at radius 3 is 2.43 bits per heavy atom. The van der Waals surface area contributed by atoms with Crippen molar-refractivity contribution in [3.63, 3.8) is 0 Å². The first kappa shape index (κ1) is 20.0. The molecular weight excluding hydrogens is 378 g/mol. The number of likely N-dealkylation sites (tertiary alicyclic amines) is 1. The largest absolute Gasteiger partial charge is 0.573 e. The SMILES string of the molecule is COc1cccc(C)c1C1CC(F)C(=O)N1Cc1ccc(OC(F)(F)F)cc1. The molecule has 2 atom stereocenters. The molecule has 1 saturated heterocycles. The highest BCUT2D eigenvalue weighted by Crippen LogP contribution is 2.41. The van der Waals surface area contributed by atoms with Crippen LogP contribution in [0.1, 0.15) is 29.2 Å². The van der Waals surface area contributed by atoms with Crippen molar-refractivity contribution in [2.75, 3.05) is 7.11 Å². The van der Waals surface area contributed by atoms with Crippen LogP contribution in [0.25, 0.3) is 0 Å². The van der Waals surface area contributed by atoms with Gasteiger partial charge in [0.05, 0.1) is 13.2 Å². The highest BCUT2D eigenvalue weighted by atomic mass is 19.4. The van der Waals surface area contributed by atoms with Gasteiger partial charge in [-0.1, -0.05) is 24.3 Å². The second-order valence-electron chi connectivity index (χ2n) is 6.57. The fourth-order valence-corrected chi connectivity index (χ4v) is 3.47.